The second kappa shape index (κ2) is 13.8. The van der Waals surface area contributed by atoms with Gasteiger partial charge in [0.1, 0.15) is 12.1 Å². The van der Waals surface area contributed by atoms with Crippen LogP contribution in [0.4, 0.5) is 0 Å². The van der Waals surface area contributed by atoms with Gasteiger partial charge in [0.05, 0.1) is 19.0 Å². The molecule has 0 aliphatic rings. The number of hydrogen-bond acceptors (Lipinski definition) is 7. The molecule has 0 spiro atoms. The first-order valence-electron chi connectivity index (χ1n) is 9.09. The van der Waals surface area contributed by atoms with Gasteiger partial charge in [-0.25, -0.2) is 4.79 Å². The Balaban J connectivity index is 4.85. The molecule has 0 aliphatic carbocycles. The summed E-state index contributed by atoms with van der Waals surface area (Å²) >= 11 is 1.54. The molecule has 0 radical (unpaired) electrons. The van der Waals surface area contributed by atoms with Gasteiger partial charge in [-0.3, -0.25) is 19.2 Å². The molecule has 7 N–H and O–H groups in total. The topological polar surface area (TPSA) is 188 Å². The van der Waals surface area contributed by atoms with Crippen molar-refractivity contribution in [1.82, 2.24) is 16.0 Å². The predicted octanol–water partition coefficient (Wildman–Crippen LogP) is -1.24. The van der Waals surface area contributed by atoms with Crippen molar-refractivity contribution in [3.63, 3.8) is 0 Å². The molecular formula is C17H30N4O7S. The SMILES string of the molecule is CCC(C)C(NC(=O)C(N)CCSC)C(=O)NCC(=O)NC(CC(=O)O)C(=O)O. The van der Waals surface area contributed by atoms with Gasteiger partial charge in [0.25, 0.3) is 0 Å². The van der Waals surface area contributed by atoms with Gasteiger partial charge in [0.2, 0.25) is 17.7 Å². The molecule has 0 fully saturated rings. The van der Waals surface area contributed by atoms with Crippen LogP contribution < -0.4 is 21.7 Å². The molecule has 11 nitrogen and oxygen atoms in total. The number of hydrogen-bond donors (Lipinski definition) is 6. The highest BCUT2D eigenvalue weighted by Gasteiger charge is 2.28. The van der Waals surface area contributed by atoms with Gasteiger partial charge in [0.15, 0.2) is 0 Å². The summed E-state index contributed by atoms with van der Waals surface area (Å²) < 4.78 is 0. The number of carbonyl (C=O) groups excluding carboxylic acids is 3. The van der Waals surface area contributed by atoms with Crippen molar-refractivity contribution in [2.45, 2.75) is 51.2 Å². The van der Waals surface area contributed by atoms with Crippen molar-refractivity contribution < 1.29 is 34.2 Å². The van der Waals surface area contributed by atoms with Crippen LogP contribution in [-0.4, -0.2) is 76.6 Å². The number of nitrogens with one attached hydrogen (secondary N) is 3. The Labute approximate surface area is 173 Å². The van der Waals surface area contributed by atoms with E-state index >= 15 is 0 Å². The summed E-state index contributed by atoms with van der Waals surface area (Å²) in [4.78, 5) is 58.2. The number of aliphatic carboxylic acids is 2. The highest BCUT2D eigenvalue weighted by atomic mass is 32.2. The largest absolute Gasteiger partial charge is 0.481 e. The molecule has 0 bridgehead atoms. The molecule has 3 amide bonds. The Morgan fingerprint density at radius 1 is 1.07 bits per heavy atom. The number of thioether (sulfide) groups is 1. The molecule has 0 saturated carbocycles. The van der Waals surface area contributed by atoms with Gasteiger partial charge < -0.3 is 31.9 Å². The number of carboxylic acid groups (broad SMARTS) is 2. The monoisotopic (exact) mass is 434 g/mol. The number of carboxylic acids is 2. The van der Waals surface area contributed by atoms with E-state index in [1.54, 1.807) is 18.7 Å². The second-order valence-corrected chi connectivity index (χ2v) is 7.52. The first-order valence-corrected chi connectivity index (χ1v) is 10.5. The van der Waals surface area contributed by atoms with Gasteiger partial charge in [-0.15, -0.1) is 0 Å². The fraction of sp³-hybridized carbons (Fsp3) is 0.706. The zero-order valence-corrected chi connectivity index (χ0v) is 17.6. The predicted molar refractivity (Wildman–Crippen MR) is 107 cm³/mol. The van der Waals surface area contributed by atoms with E-state index in [0.717, 1.165) is 0 Å². The normalized spacial score (nSPS) is 14.8. The smallest absolute Gasteiger partial charge is 0.326 e. The van der Waals surface area contributed by atoms with E-state index in [9.17, 15) is 24.0 Å². The summed E-state index contributed by atoms with van der Waals surface area (Å²) in [6, 6.07) is -3.30. The zero-order chi connectivity index (χ0) is 22.6. The Hall–Kier alpha value is -2.34. The molecule has 0 aliphatic heterocycles. The molecule has 166 valence electrons. The van der Waals surface area contributed by atoms with Gasteiger partial charge in [-0.2, -0.15) is 11.8 Å². The minimum absolute atomic E-state index is 0.242. The summed E-state index contributed by atoms with van der Waals surface area (Å²) in [6.07, 6.45) is 2.11. The first kappa shape index (κ1) is 26.7. The number of amides is 3. The van der Waals surface area contributed by atoms with Crippen molar-refractivity contribution in [3.8, 4) is 0 Å². The molecule has 4 unspecified atom stereocenters. The molecule has 4 atom stereocenters. The van der Waals surface area contributed by atoms with E-state index in [2.05, 4.69) is 10.6 Å². The van der Waals surface area contributed by atoms with Crippen LogP contribution in [0.5, 0.6) is 0 Å². The maximum absolute atomic E-state index is 12.5. The van der Waals surface area contributed by atoms with Crippen LogP contribution >= 0.6 is 11.8 Å². The van der Waals surface area contributed by atoms with Crippen LogP contribution in [0.25, 0.3) is 0 Å². The lowest BCUT2D eigenvalue weighted by Gasteiger charge is -2.25. The standard InChI is InChI=1S/C17H30N4O7S/c1-4-9(2)14(21-15(25)10(18)5-6-29-3)16(26)19-8-12(22)20-11(17(27)28)7-13(23)24/h9-11,14H,4-8,18H2,1-3H3,(H,19,26)(H,20,22)(H,21,25)(H,23,24)(H,27,28). The molecule has 0 heterocycles. The maximum atomic E-state index is 12.5. The quantitative estimate of drug-likeness (QED) is 0.194. The van der Waals surface area contributed by atoms with E-state index in [0.29, 0.717) is 18.6 Å². The van der Waals surface area contributed by atoms with Crippen molar-refractivity contribution in [2.24, 2.45) is 11.7 Å². The molecule has 0 rings (SSSR count). The third kappa shape index (κ3) is 10.7. The lowest BCUT2D eigenvalue weighted by atomic mass is 9.97. The number of rotatable bonds is 14. The van der Waals surface area contributed by atoms with E-state index in [-0.39, 0.29) is 5.92 Å². The average Bonchev–Trinajstić information content (AvgIpc) is 2.66. The van der Waals surface area contributed by atoms with Crippen LogP contribution in [0.15, 0.2) is 0 Å². The molecule has 12 heteroatoms. The Morgan fingerprint density at radius 3 is 2.17 bits per heavy atom. The first-order chi connectivity index (χ1) is 13.5. The third-order valence-corrected chi connectivity index (χ3v) is 4.84. The zero-order valence-electron chi connectivity index (χ0n) is 16.8. The van der Waals surface area contributed by atoms with E-state index in [1.807, 2.05) is 18.5 Å². The number of carbonyl (C=O) groups is 5. The minimum Gasteiger partial charge on any atom is -0.481 e. The van der Waals surface area contributed by atoms with E-state index < -0.39 is 60.8 Å². The van der Waals surface area contributed by atoms with Gasteiger partial charge in [0, 0.05) is 0 Å². The lowest BCUT2D eigenvalue weighted by Crippen LogP contribution is -2.55. The van der Waals surface area contributed by atoms with Crippen LogP contribution in [0.1, 0.15) is 33.1 Å². The molecular weight excluding hydrogens is 404 g/mol. The van der Waals surface area contributed by atoms with E-state index in [1.165, 1.54) is 0 Å². The van der Waals surface area contributed by atoms with Crippen LogP contribution in [0.3, 0.4) is 0 Å². The Morgan fingerprint density at radius 2 is 1.69 bits per heavy atom. The average molecular weight is 435 g/mol. The van der Waals surface area contributed by atoms with Gasteiger partial charge in [-0.05, 0) is 24.3 Å². The van der Waals surface area contributed by atoms with Crippen LogP contribution in [0.2, 0.25) is 0 Å². The fourth-order valence-corrected chi connectivity index (χ4v) is 2.73. The van der Waals surface area contributed by atoms with Crippen molar-refractivity contribution in [3.05, 3.63) is 0 Å². The Bertz CT molecular complexity index is 602. The maximum Gasteiger partial charge on any atom is 0.326 e. The lowest BCUT2D eigenvalue weighted by molar-refractivity contribution is -0.147. The van der Waals surface area contributed by atoms with Gasteiger partial charge in [-0.1, -0.05) is 20.3 Å². The molecule has 0 aromatic carbocycles. The molecule has 0 aromatic rings. The van der Waals surface area contributed by atoms with Crippen LogP contribution in [-0.2, 0) is 24.0 Å². The molecule has 29 heavy (non-hydrogen) atoms. The minimum atomic E-state index is -1.61. The third-order valence-electron chi connectivity index (χ3n) is 4.20. The summed E-state index contributed by atoms with van der Waals surface area (Å²) in [6.45, 7) is 3.02. The summed E-state index contributed by atoms with van der Waals surface area (Å²) in [5.41, 5.74) is 5.81. The summed E-state index contributed by atoms with van der Waals surface area (Å²) in [5, 5.41) is 24.6. The van der Waals surface area contributed by atoms with Crippen molar-refractivity contribution in [2.75, 3.05) is 18.6 Å². The van der Waals surface area contributed by atoms with Crippen molar-refractivity contribution in [1.29, 1.82) is 0 Å². The summed E-state index contributed by atoms with van der Waals surface area (Å²) in [7, 11) is 0. The number of nitrogens with two attached hydrogens (primary N) is 1. The van der Waals surface area contributed by atoms with Gasteiger partial charge >= 0.3 is 11.9 Å². The highest BCUT2D eigenvalue weighted by Crippen LogP contribution is 2.09. The second-order valence-electron chi connectivity index (χ2n) is 6.53. The van der Waals surface area contributed by atoms with Crippen molar-refractivity contribution >= 4 is 41.4 Å². The molecule has 0 aromatic heterocycles. The van der Waals surface area contributed by atoms with E-state index in [4.69, 9.17) is 15.9 Å². The fourth-order valence-electron chi connectivity index (χ4n) is 2.24. The van der Waals surface area contributed by atoms with Crippen LogP contribution in [0, 0.1) is 5.92 Å². The summed E-state index contributed by atoms with van der Waals surface area (Å²) in [5.74, 6) is -4.40. The molecule has 0 saturated heterocycles. The Kier molecular flexibility index (Phi) is 12.7. The highest BCUT2D eigenvalue weighted by molar-refractivity contribution is 7.98.